The number of aromatic nitrogens is 3. The predicted octanol–water partition coefficient (Wildman–Crippen LogP) is 1.91. The van der Waals surface area contributed by atoms with Crippen molar-refractivity contribution in [3.05, 3.63) is 49.6 Å². The van der Waals surface area contributed by atoms with Gasteiger partial charge in [0.15, 0.2) is 0 Å². The summed E-state index contributed by atoms with van der Waals surface area (Å²) >= 11 is 1.66. The molecule has 3 amide bonds. The third-order valence-electron chi connectivity index (χ3n) is 8.29. The van der Waals surface area contributed by atoms with E-state index in [0.29, 0.717) is 32.4 Å². The summed E-state index contributed by atoms with van der Waals surface area (Å²) in [6.45, 7) is 8.84. The van der Waals surface area contributed by atoms with Crippen LogP contribution in [-0.2, 0) is 21.1 Å². The fraction of sp³-hybridized carbons (Fsp3) is 0.536. The molecule has 39 heavy (non-hydrogen) atoms. The fourth-order valence-electron chi connectivity index (χ4n) is 6.62. The zero-order valence-corrected chi connectivity index (χ0v) is 23.1. The minimum Gasteiger partial charge on any atom is -0.396 e. The smallest absolute Gasteiger partial charge is 0.248 e. The molecule has 1 N–H and O–H groups in total. The van der Waals surface area contributed by atoms with Gasteiger partial charge in [0, 0.05) is 38.5 Å². The van der Waals surface area contributed by atoms with Crippen molar-refractivity contribution in [3.8, 4) is 0 Å². The normalized spacial score (nSPS) is 27.1. The molecule has 208 valence electrons. The van der Waals surface area contributed by atoms with Gasteiger partial charge in [-0.15, -0.1) is 30.0 Å². The molecule has 0 radical (unpaired) electrons. The van der Waals surface area contributed by atoms with Crippen LogP contribution in [0.5, 0.6) is 0 Å². The summed E-state index contributed by atoms with van der Waals surface area (Å²) < 4.78 is 1.02. The monoisotopic (exact) mass is 552 g/mol. The van der Waals surface area contributed by atoms with Gasteiger partial charge in [-0.3, -0.25) is 14.4 Å². The zero-order valence-electron chi connectivity index (χ0n) is 22.3. The third-order valence-corrected chi connectivity index (χ3v) is 10.2. The number of likely N-dealkylation sites (N-methyl/N-ethyl adjacent to an activating group) is 1. The lowest BCUT2D eigenvalue weighted by molar-refractivity contribution is -0.144. The molecule has 3 saturated heterocycles. The average Bonchev–Trinajstić information content (AvgIpc) is 3.68. The number of benzene rings is 1. The van der Waals surface area contributed by atoms with Crippen LogP contribution in [0, 0.1) is 11.8 Å². The van der Waals surface area contributed by atoms with Crippen molar-refractivity contribution in [2.45, 2.75) is 48.4 Å². The number of fused-ring (bicyclic) bond motifs is 2. The molecule has 0 aliphatic carbocycles. The third kappa shape index (κ3) is 4.55. The maximum absolute atomic E-state index is 14.5. The molecule has 2 bridgehead atoms. The minimum atomic E-state index is -0.707. The maximum atomic E-state index is 14.5. The van der Waals surface area contributed by atoms with Gasteiger partial charge in [0.1, 0.15) is 18.2 Å². The fourth-order valence-corrected chi connectivity index (χ4v) is 8.82. The van der Waals surface area contributed by atoms with E-state index in [9.17, 15) is 19.5 Å². The second-order valence-corrected chi connectivity index (χ2v) is 12.2. The Hall–Kier alpha value is -3.18. The van der Waals surface area contributed by atoms with E-state index < -0.39 is 22.6 Å². The van der Waals surface area contributed by atoms with Crippen molar-refractivity contribution < 1.29 is 19.5 Å². The first-order chi connectivity index (χ1) is 18.9. The summed E-state index contributed by atoms with van der Waals surface area (Å²) in [5.74, 6) is -1.38. The first-order valence-electron chi connectivity index (χ1n) is 13.5. The summed E-state index contributed by atoms with van der Waals surface area (Å²) in [5.41, 5.74) is 1.55. The number of carbonyl (C=O) groups is 3. The van der Waals surface area contributed by atoms with Gasteiger partial charge in [-0.1, -0.05) is 29.5 Å². The molecule has 2 aromatic rings. The molecule has 1 aromatic heterocycles. The number of thioether (sulfide) groups is 1. The number of para-hydroxylation sites is 1. The van der Waals surface area contributed by atoms with Gasteiger partial charge in [-0.05, 0) is 37.8 Å². The van der Waals surface area contributed by atoms with E-state index in [1.165, 1.54) is 0 Å². The number of aliphatic hydroxyl groups excluding tert-OH is 1. The highest BCUT2D eigenvalue weighted by Gasteiger charge is 2.73. The Morgan fingerprint density at radius 2 is 1.97 bits per heavy atom. The summed E-state index contributed by atoms with van der Waals surface area (Å²) in [6.07, 6.45) is 5.95. The molecule has 3 aliphatic rings. The number of aliphatic hydroxyl groups is 1. The Labute approximate surface area is 232 Å². The lowest BCUT2D eigenvalue weighted by Gasteiger charge is -2.37. The summed E-state index contributed by atoms with van der Waals surface area (Å²) in [6, 6.07) is 6.86. The molecule has 3 aliphatic heterocycles. The lowest BCUT2D eigenvalue weighted by atomic mass is 9.70. The second-order valence-electron chi connectivity index (χ2n) is 10.6. The number of hydrogen-bond donors (Lipinski definition) is 1. The van der Waals surface area contributed by atoms with Gasteiger partial charge < -0.3 is 19.8 Å². The highest BCUT2D eigenvalue weighted by molar-refractivity contribution is 8.02. The molecule has 4 heterocycles. The van der Waals surface area contributed by atoms with Gasteiger partial charge in [-0.2, -0.15) is 0 Å². The van der Waals surface area contributed by atoms with E-state index in [4.69, 9.17) is 0 Å². The molecule has 5 atom stereocenters. The quantitative estimate of drug-likeness (QED) is 0.316. The van der Waals surface area contributed by atoms with Crippen LogP contribution in [0.4, 0.5) is 0 Å². The van der Waals surface area contributed by atoms with Crippen molar-refractivity contribution in [1.29, 1.82) is 0 Å². The molecule has 2 unspecified atom stereocenters. The zero-order chi connectivity index (χ0) is 27.7. The number of carbonyl (C=O) groups excluding carboxylic acids is 3. The van der Waals surface area contributed by atoms with Crippen LogP contribution in [-0.4, -0.2) is 102 Å². The lowest BCUT2D eigenvalue weighted by Crippen LogP contribution is -2.55. The molecular formula is C28H36N6O4S. The van der Waals surface area contributed by atoms with E-state index in [-0.39, 0.29) is 42.8 Å². The first-order valence-corrected chi connectivity index (χ1v) is 14.4. The Morgan fingerprint density at radius 1 is 1.21 bits per heavy atom. The molecule has 1 spiro atoms. The highest BCUT2D eigenvalue weighted by Crippen LogP contribution is 2.66. The average molecular weight is 553 g/mol. The van der Waals surface area contributed by atoms with E-state index in [2.05, 4.69) is 23.5 Å². The topological polar surface area (TPSA) is 112 Å². The highest BCUT2D eigenvalue weighted by atomic mass is 32.2. The summed E-state index contributed by atoms with van der Waals surface area (Å²) in [5, 5.41) is 17.9. The Bertz CT molecular complexity index is 1280. The van der Waals surface area contributed by atoms with Gasteiger partial charge >= 0.3 is 0 Å². The van der Waals surface area contributed by atoms with Crippen LogP contribution < -0.4 is 0 Å². The van der Waals surface area contributed by atoms with Gasteiger partial charge in [-0.25, -0.2) is 4.68 Å². The van der Waals surface area contributed by atoms with Gasteiger partial charge in [0.25, 0.3) is 0 Å². The number of unbranched alkanes of at least 4 members (excludes halogenated alkanes) is 1. The number of amides is 3. The van der Waals surface area contributed by atoms with Gasteiger partial charge in [0.05, 0.1) is 22.1 Å². The van der Waals surface area contributed by atoms with Crippen LogP contribution in [0.1, 0.15) is 25.7 Å². The number of hydrogen-bond acceptors (Lipinski definition) is 7. The van der Waals surface area contributed by atoms with Crippen LogP contribution in [0.15, 0.2) is 49.6 Å². The van der Waals surface area contributed by atoms with Crippen molar-refractivity contribution in [2.75, 3.05) is 33.3 Å². The predicted molar refractivity (Wildman–Crippen MR) is 149 cm³/mol. The number of rotatable bonds is 12. The molecule has 10 nitrogen and oxygen atoms in total. The van der Waals surface area contributed by atoms with E-state index in [1.54, 1.807) is 50.3 Å². The second kappa shape index (κ2) is 11.1. The number of nitrogens with zero attached hydrogens (tertiary/aromatic N) is 6. The van der Waals surface area contributed by atoms with Gasteiger partial charge in [0.2, 0.25) is 17.7 Å². The van der Waals surface area contributed by atoms with Crippen LogP contribution in [0.2, 0.25) is 0 Å². The largest absolute Gasteiger partial charge is 0.396 e. The molecule has 0 saturated carbocycles. The molecule has 3 fully saturated rings. The van der Waals surface area contributed by atoms with Crippen molar-refractivity contribution in [2.24, 2.45) is 11.8 Å². The SMILES string of the molecule is C=CCN(C)C(=O)[C@@H]1[C@@H]2CCC3(S2)C(C(=O)N(CC=C)Cn2nnc4ccccc42)N(CCCCO)C(=O)[C@H]13. The van der Waals surface area contributed by atoms with Crippen LogP contribution in [0.3, 0.4) is 0 Å². The van der Waals surface area contributed by atoms with E-state index in [1.807, 2.05) is 24.3 Å². The molecule has 5 rings (SSSR count). The maximum Gasteiger partial charge on any atom is 0.248 e. The summed E-state index contributed by atoms with van der Waals surface area (Å²) in [7, 11) is 1.74. The van der Waals surface area contributed by atoms with Crippen LogP contribution in [0.25, 0.3) is 11.0 Å². The minimum absolute atomic E-state index is 0.000667. The molecule has 11 heteroatoms. The standard InChI is InChI=1S/C28H36N6O4S/c1-4-14-31(3)25(36)22-21-12-13-28(39-21)23(22)26(37)33(16-8-9-17-35)24(28)27(38)32(15-5-2)18-34-20-11-7-6-10-19(20)29-30-34/h4-7,10-11,21-24,35H,1-2,8-9,12-18H2,3H3/t21-,22+,23-,24?,28?/m0/s1. The Kier molecular flexibility index (Phi) is 7.82. The molecule has 1 aromatic carbocycles. The van der Waals surface area contributed by atoms with Crippen LogP contribution >= 0.6 is 11.8 Å². The van der Waals surface area contributed by atoms with Crippen molar-refractivity contribution in [1.82, 2.24) is 29.7 Å². The van der Waals surface area contributed by atoms with E-state index in [0.717, 1.165) is 17.5 Å². The molecular weight excluding hydrogens is 516 g/mol. The first kappa shape index (κ1) is 27.4. The summed E-state index contributed by atoms with van der Waals surface area (Å²) in [4.78, 5) is 47.1. The van der Waals surface area contributed by atoms with Crippen molar-refractivity contribution >= 4 is 40.5 Å². The Balaban J connectivity index is 1.50. The van der Waals surface area contributed by atoms with Crippen molar-refractivity contribution in [3.63, 3.8) is 0 Å². The Morgan fingerprint density at radius 3 is 2.72 bits per heavy atom. The number of likely N-dealkylation sites (tertiary alicyclic amines) is 1. The van der Waals surface area contributed by atoms with E-state index >= 15 is 0 Å².